The first kappa shape index (κ1) is 13.1. The average molecular weight is 247 g/mol. The van der Waals surface area contributed by atoms with Crippen molar-refractivity contribution < 1.29 is 9.53 Å². The molecule has 0 aromatic carbocycles. The Labute approximate surface area is 109 Å². The van der Waals surface area contributed by atoms with E-state index in [4.69, 9.17) is 9.72 Å². The van der Waals surface area contributed by atoms with E-state index in [1.165, 1.54) is 18.5 Å². The van der Waals surface area contributed by atoms with Gasteiger partial charge in [0.1, 0.15) is 0 Å². The molecule has 1 saturated carbocycles. The number of nitrogens with zero attached hydrogens (tertiary/aromatic N) is 1. The third-order valence-corrected chi connectivity index (χ3v) is 3.28. The summed E-state index contributed by atoms with van der Waals surface area (Å²) in [5.41, 5.74) is 3.87. The maximum Gasteiger partial charge on any atom is 0.339 e. The molecular formula is C15H21NO2. The van der Waals surface area contributed by atoms with Crippen molar-refractivity contribution in [3.05, 3.63) is 28.6 Å². The fourth-order valence-corrected chi connectivity index (χ4v) is 2.25. The molecule has 0 spiro atoms. The number of hydrogen-bond donors (Lipinski definition) is 0. The van der Waals surface area contributed by atoms with Gasteiger partial charge in [0.05, 0.1) is 17.9 Å². The molecule has 0 radical (unpaired) electrons. The second kappa shape index (κ2) is 5.51. The molecule has 0 unspecified atom stereocenters. The van der Waals surface area contributed by atoms with Gasteiger partial charge in [0, 0.05) is 11.6 Å². The van der Waals surface area contributed by atoms with Crippen LogP contribution in [-0.4, -0.2) is 17.6 Å². The quantitative estimate of drug-likeness (QED) is 0.749. The molecule has 18 heavy (non-hydrogen) atoms. The predicted octanol–water partition coefficient (Wildman–Crippen LogP) is 3.40. The summed E-state index contributed by atoms with van der Waals surface area (Å²) in [6.45, 7) is 6.39. The Hall–Kier alpha value is -1.38. The van der Waals surface area contributed by atoms with E-state index in [0.29, 0.717) is 18.1 Å². The molecule has 3 nitrogen and oxygen atoms in total. The number of hydrogen-bond acceptors (Lipinski definition) is 3. The third-order valence-electron chi connectivity index (χ3n) is 3.28. The van der Waals surface area contributed by atoms with Gasteiger partial charge in [-0.1, -0.05) is 13.3 Å². The Morgan fingerprint density at radius 3 is 2.72 bits per heavy atom. The van der Waals surface area contributed by atoms with E-state index in [9.17, 15) is 4.79 Å². The Balaban J connectivity index is 2.37. The molecule has 1 aliphatic carbocycles. The van der Waals surface area contributed by atoms with Crippen molar-refractivity contribution in [3.8, 4) is 0 Å². The Morgan fingerprint density at radius 2 is 2.17 bits per heavy atom. The molecule has 98 valence electrons. The Kier molecular flexibility index (Phi) is 4.00. The van der Waals surface area contributed by atoms with Crippen molar-refractivity contribution in [3.63, 3.8) is 0 Å². The fourth-order valence-electron chi connectivity index (χ4n) is 2.25. The maximum atomic E-state index is 11.9. The van der Waals surface area contributed by atoms with Crippen molar-refractivity contribution >= 4 is 5.97 Å². The molecule has 1 aromatic rings. The van der Waals surface area contributed by atoms with Crippen molar-refractivity contribution in [1.82, 2.24) is 4.98 Å². The molecular weight excluding hydrogens is 226 g/mol. The van der Waals surface area contributed by atoms with E-state index in [1.54, 1.807) is 0 Å². The van der Waals surface area contributed by atoms with Gasteiger partial charge in [-0.2, -0.15) is 0 Å². The van der Waals surface area contributed by atoms with Crippen LogP contribution in [0.15, 0.2) is 6.07 Å². The van der Waals surface area contributed by atoms with Crippen LogP contribution in [0.1, 0.15) is 66.3 Å². The molecule has 1 aliphatic rings. The first-order valence-electron chi connectivity index (χ1n) is 6.84. The van der Waals surface area contributed by atoms with E-state index in [0.717, 1.165) is 24.1 Å². The average Bonchev–Trinajstić information content (AvgIpc) is 3.15. The van der Waals surface area contributed by atoms with Gasteiger partial charge in [0.15, 0.2) is 0 Å². The number of aryl methyl sites for hydroxylation is 2. The van der Waals surface area contributed by atoms with Gasteiger partial charge in [-0.15, -0.1) is 0 Å². The minimum atomic E-state index is -0.237. The number of rotatable bonds is 5. The number of carbonyl (C=O) groups is 1. The number of carbonyl (C=O) groups excluding carboxylic acids is 1. The zero-order valence-electron chi connectivity index (χ0n) is 11.5. The van der Waals surface area contributed by atoms with Gasteiger partial charge in [0.2, 0.25) is 0 Å². The summed E-state index contributed by atoms with van der Waals surface area (Å²) >= 11 is 0. The zero-order valence-corrected chi connectivity index (χ0v) is 11.5. The SMILES string of the molecule is CCCc1nc(C2CC2)c(C)cc1C(=O)OCC. The van der Waals surface area contributed by atoms with Crippen LogP contribution in [0, 0.1) is 6.92 Å². The molecule has 1 fully saturated rings. The van der Waals surface area contributed by atoms with Gasteiger partial charge in [-0.3, -0.25) is 4.98 Å². The van der Waals surface area contributed by atoms with Crippen LogP contribution in [0.3, 0.4) is 0 Å². The Bertz CT molecular complexity index is 450. The summed E-state index contributed by atoms with van der Waals surface area (Å²) in [5, 5.41) is 0. The summed E-state index contributed by atoms with van der Waals surface area (Å²) in [4.78, 5) is 16.7. The van der Waals surface area contributed by atoms with Crippen LogP contribution in [-0.2, 0) is 11.2 Å². The van der Waals surface area contributed by atoms with Crippen molar-refractivity contribution in [2.75, 3.05) is 6.61 Å². The van der Waals surface area contributed by atoms with Crippen LogP contribution in [0.25, 0.3) is 0 Å². The van der Waals surface area contributed by atoms with Crippen LogP contribution >= 0.6 is 0 Å². The molecule has 2 rings (SSSR count). The van der Waals surface area contributed by atoms with E-state index < -0.39 is 0 Å². The zero-order chi connectivity index (χ0) is 13.1. The van der Waals surface area contributed by atoms with Crippen LogP contribution in [0.5, 0.6) is 0 Å². The molecule has 0 N–H and O–H groups in total. The fraction of sp³-hybridized carbons (Fsp3) is 0.600. The highest BCUT2D eigenvalue weighted by Crippen LogP contribution is 2.41. The lowest BCUT2D eigenvalue weighted by molar-refractivity contribution is 0.0524. The first-order valence-corrected chi connectivity index (χ1v) is 6.84. The molecule has 0 bridgehead atoms. The molecule has 1 aromatic heterocycles. The molecule has 0 amide bonds. The summed E-state index contributed by atoms with van der Waals surface area (Å²) < 4.78 is 5.11. The van der Waals surface area contributed by atoms with Crippen LogP contribution < -0.4 is 0 Å². The van der Waals surface area contributed by atoms with E-state index in [-0.39, 0.29) is 5.97 Å². The van der Waals surface area contributed by atoms with Crippen LogP contribution in [0.4, 0.5) is 0 Å². The second-order valence-electron chi connectivity index (χ2n) is 4.93. The van der Waals surface area contributed by atoms with Gasteiger partial charge < -0.3 is 4.74 Å². The lowest BCUT2D eigenvalue weighted by atomic mass is 10.0. The summed E-state index contributed by atoms with van der Waals surface area (Å²) in [6.07, 6.45) is 4.30. The molecule has 0 saturated heterocycles. The van der Waals surface area contributed by atoms with E-state index in [1.807, 2.05) is 19.9 Å². The maximum absolute atomic E-state index is 11.9. The van der Waals surface area contributed by atoms with Crippen molar-refractivity contribution in [1.29, 1.82) is 0 Å². The molecule has 0 atom stereocenters. The highest BCUT2D eigenvalue weighted by Gasteiger charge is 2.28. The highest BCUT2D eigenvalue weighted by molar-refractivity contribution is 5.90. The normalized spacial score (nSPS) is 14.6. The Morgan fingerprint density at radius 1 is 1.44 bits per heavy atom. The molecule has 3 heteroatoms. The largest absolute Gasteiger partial charge is 0.462 e. The smallest absolute Gasteiger partial charge is 0.339 e. The summed E-state index contributed by atoms with van der Waals surface area (Å²) in [6, 6.07) is 1.96. The number of esters is 1. The summed E-state index contributed by atoms with van der Waals surface area (Å²) in [7, 11) is 0. The first-order chi connectivity index (χ1) is 8.67. The lowest BCUT2D eigenvalue weighted by Crippen LogP contribution is -2.12. The minimum absolute atomic E-state index is 0.237. The predicted molar refractivity (Wildman–Crippen MR) is 70.9 cm³/mol. The standard InChI is InChI=1S/C15H21NO2/c1-4-6-13-12(15(17)18-5-2)9-10(3)14(16-13)11-7-8-11/h9,11H,4-8H2,1-3H3. The van der Waals surface area contributed by atoms with Crippen molar-refractivity contribution in [2.24, 2.45) is 0 Å². The number of aromatic nitrogens is 1. The van der Waals surface area contributed by atoms with Gasteiger partial charge >= 0.3 is 5.97 Å². The second-order valence-corrected chi connectivity index (χ2v) is 4.93. The third kappa shape index (κ3) is 2.71. The minimum Gasteiger partial charge on any atom is -0.462 e. The molecule has 1 heterocycles. The van der Waals surface area contributed by atoms with E-state index >= 15 is 0 Å². The highest BCUT2D eigenvalue weighted by atomic mass is 16.5. The van der Waals surface area contributed by atoms with Crippen LogP contribution in [0.2, 0.25) is 0 Å². The van der Waals surface area contributed by atoms with Crippen molar-refractivity contribution in [2.45, 2.75) is 52.4 Å². The monoisotopic (exact) mass is 247 g/mol. The van der Waals surface area contributed by atoms with E-state index in [2.05, 4.69) is 6.92 Å². The lowest BCUT2D eigenvalue weighted by Gasteiger charge is -2.12. The van der Waals surface area contributed by atoms with Gasteiger partial charge in [-0.05, 0) is 44.7 Å². The number of ether oxygens (including phenoxy) is 1. The summed E-state index contributed by atoms with van der Waals surface area (Å²) in [5.74, 6) is 0.385. The number of pyridine rings is 1. The molecule has 0 aliphatic heterocycles. The van der Waals surface area contributed by atoms with Gasteiger partial charge in [-0.25, -0.2) is 4.79 Å². The topological polar surface area (TPSA) is 39.2 Å². The van der Waals surface area contributed by atoms with Gasteiger partial charge in [0.25, 0.3) is 0 Å².